The van der Waals surface area contributed by atoms with Gasteiger partial charge in [0.25, 0.3) is 0 Å². The van der Waals surface area contributed by atoms with Gasteiger partial charge >= 0.3 is 6.18 Å². The lowest BCUT2D eigenvalue weighted by Crippen LogP contribution is -2.49. The monoisotopic (exact) mass is 531 g/mol. The van der Waals surface area contributed by atoms with Crippen molar-refractivity contribution in [3.8, 4) is 11.4 Å². The molecule has 1 aliphatic rings. The molecule has 0 spiro atoms. The number of aromatic nitrogens is 4. The Hall–Kier alpha value is -4.51. The Bertz CT molecular complexity index is 1640. The number of amides is 1. The number of carbonyl (C=O) groups is 1. The number of hydrogen-bond acceptors (Lipinski definition) is 6. The van der Waals surface area contributed by atoms with Gasteiger partial charge in [-0.05, 0) is 18.2 Å². The minimum Gasteiger partial charge on any atom is -0.352 e. The van der Waals surface area contributed by atoms with Gasteiger partial charge in [-0.1, -0.05) is 60.7 Å². The zero-order valence-electron chi connectivity index (χ0n) is 20.8. The quantitative estimate of drug-likeness (QED) is 0.354. The number of carbonyl (C=O) groups excluding carboxylic acids is 1. The number of rotatable bonds is 5. The molecule has 0 unspecified atom stereocenters. The van der Waals surface area contributed by atoms with E-state index in [1.807, 2.05) is 59.5 Å². The van der Waals surface area contributed by atoms with Gasteiger partial charge in [-0.2, -0.15) is 17.7 Å². The van der Waals surface area contributed by atoms with Gasteiger partial charge in [0.05, 0.1) is 12.1 Å². The van der Waals surface area contributed by atoms with Crippen molar-refractivity contribution in [1.29, 1.82) is 0 Å². The van der Waals surface area contributed by atoms with Crippen molar-refractivity contribution in [3.05, 3.63) is 84.4 Å². The molecule has 0 bridgehead atoms. The fourth-order valence-corrected chi connectivity index (χ4v) is 4.86. The van der Waals surface area contributed by atoms with E-state index in [-0.39, 0.29) is 18.1 Å². The van der Waals surface area contributed by atoms with Crippen LogP contribution in [0.4, 0.5) is 24.7 Å². The molecule has 11 heteroatoms. The highest BCUT2D eigenvalue weighted by atomic mass is 19.4. The van der Waals surface area contributed by atoms with Crippen LogP contribution in [0, 0.1) is 0 Å². The highest BCUT2D eigenvalue weighted by molar-refractivity contribution is 6.00. The molecule has 0 saturated carbocycles. The second-order valence-corrected chi connectivity index (χ2v) is 9.38. The van der Waals surface area contributed by atoms with Gasteiger partial charge in [0.1, 0.15) is 0 Å². The molecular weight excluding hydrogens is 507 g/mol. The molecule has 39 heavy (non-hydrogen) atoms. The second kappa shape index (κ2) is 9.99. The largest absolute Gasteiger partial charge is 0.416 e. The minimum absolute atomic E-state index is 0.0842. The smallest absolute Gasteiger partial charge is 0.352 e. The summed E-state index contributed by atoms with van der Waals surface area (Å²) in [6, 6.07) is 22.4. The summed E-state index contributed by atoms with van der Waals surface area (Å²) >= 11 is 0. The van der Waals surface area contributed by atoms with Crippen LogP contribution in [0.5, 0.6) is 0 Å². The standard InChI is InChI=1S/C28H24F3N7O/c29-28(30,31)20-9-6-10-21(17-20)32-24(39)18-36-13-15-37(16-14-36)27-23-12-5-4-11-22(23)26-34-33-25(38(26)35-27)19-7-2-1-3-8-19/h1-12,17H,13-16,18H2,(H,32,39). The molecule has 1 saturated heterocycles. The molecule has 0 radical (unpaired) electrons. The average molecular weight is 532 g/mol. The van der Waals surface area contributed by atoms with Crippen molar-refractivity contribution in [2.45, 2.75) is 6.18 Å². The number of alkyl halides is 3. The highest BCUT2D eigenvalue weighted by Crippen LogP contribution is 2.31. The summed E-state index contributed by atoms with van der Waals surface area (Å²) in [6.07, 6.45) is -4.47. The summed E-state index contributed by atoms with van der Waals surface area (Å²) in [5.74, 6) is 1.11. The van der Waals surface area contributed by atoms with Crippen LogP contribution in [-0.2, 0) is 11.0 Å². The zero-order valence-corrected chi connectivity index (χ0v) is 20.8. The van der Waals surface area contributed by atoms with Crippen molar-refractivity contribution >= 4 is 33.8 Å². The average Bonchev–Trinajstić information content (AvgIpc) is 3.38. The summed E-state index contributed by atoms with van der Waals surface area (Å²) in [5.41, 5.74) is 0.920. The molecule has 0 atom stereocenters. The maximum Gasteiger partial charge on any atom is 0.416 e. The first kappa shape index (κ1) is 24.8. The second-order valence-electron chi connectivity index (χ2n) is 9.38. The summed E-state index contributed by atoms with van der Waals surface area (Å²) in [4.78, 5) is 16.7. The number of piperazine rings is 1. The molecule has 198 valence electrons. The zero-order chi connectivity index (χ0) is 27.0. The van der Waals surface area contributed by atoms with Crippen LogP contribution in [-0.4, -0.2) is 63.3 Å². The molecule has 1 amide bonds. The topological polar surface area (TPSA) is 78.7 Å². The molecule has 8 nitrogen and oxygen atoms in total. The van der Waals surface area contributed by atoms with Crippen molar-refractivity contribution < 1.29 is 18.0 Å². The maximum absolute atomic E-state index is 13.0. The maximum atomic E-state index is 13.0. The third-order valence-electron chi connectivity index (χ3n) is 6.79. The van der Waals surface area contributed by atoms with Crippen molar-refractivity contribution in [2.24, 2.45) is 0 Å². The number of hydrogen-bond donors (Lipinski definition) is 1. The van der Waals surface area contributed by atoms with Crippen molar-refractivity contribution in [2.75, 3.05) is 42.9 Å². The van der Waals surface area contributed by atoms with Gasteiger partial charge in [-0.25, -0.2) is 0 Å². The molecule has 2 aromatic heterocycles. The first-order valence-electron chi connectivity index (χ1n) is 12.5. The van der Waals surface area contributed by atoms with Crippen LogP contribution >= 0.6 is 0 Å². The Kier molecular flexibility index (Phi) is 6.35. The molecule has 5 aromatic rings. The van der Waals surface area contributed by atoms with E-state index in [1.54, 1.807) is 4.52 Å². The van der Waals surface area contributed by atoms with Crippen molar-refractivity contribution in [3.63, 3.8) is 0 Å². The Morgan fingerprint density at radius 2 is 1.56 bits per heavy atom. The summed E-state index contributed by atoms with van der Waals surface area (Å²) < 4.78 is 40.7. The third kappa shape index (κ3) is 5.00. The van der Waals surface area contributed by atoms with Crippen LogP contribution in [0.3, 0.4) is 0 Å². The lowest BCUT2D eigenvalue weighted by atomic mass is 10.1. The summed E-state index contributed by atoms with van der Waals surface area (Å²) in [5, 5.41) is 18.3. The summed E-state index contributed by atoms with van der Waals surface area (Å²) in [7, 11) is 0. The van der Waals surface area contributed by atoms with E-state index < -0.39 is 11.7 Å². The molecule has 1 fully saturated rings. The van der Waals surface area contributed by atoms with Gasteiger partial charge in [0, 0.05) is 48.2 Å². The summed E-state index contributed by atoms with van der Waals surface area (Å²) in [6.45, 7) is 2.53. The Morgan fingerprint density at radius 1 is 0.846 bits per heavy atom. The Labute approximate surface area is 221 Å². The van der Waals surface area contributed by atoms with Gasteiger partial charge in [-0.15, -0.1) is 15.3 Å². The number of fused-ring (bicyclic) bond motifs is 3. The molecule has 3 heterocycles. The van der Waals surface area contributed by atoms with Gasteiger partial charge in [0.15, 0.2) is 17.3 Å². The van der Waals surface area contributed by atoms with Gasteiger partial charge < -0.3 is 10.2 Å². The number of halogens is 3. The van der Waals surface area contributed by atoms with E-state index in [1.165, 1.54) is 12.1 Å². The minimum atomic E-state index is -4.47. The normalized spacial score (nSPS) is 14.7. The molecule has 1 aliphatic heterocycles. The lowest BCUT2D eigenvalue weighted by molar-refractivity contribution is -0.137. The van der Waals surface area contributed by atoms with E-state index in [0.29, 0.717) is 37.7 Å². The predicted molar refractivity (Wildman–Crippen MR) is 142 cm³/mol. The van der Waals surface area contributed by atoms with Crippen molar-refractivity contribution in [1.82, 2.24) is 24.7 Å². The van der Waals surface area contributed by atoms with Gasteiger partial charge in [0.2, 0.25) is 5.91 Å². The Balaban J connectivity index is 1.19. The van der Waals surface area contributed by atoms with E-state index in [0.717, 1.165) is 34.3 Å². The number of nitrogens with zero attached hydrogens (tertiary/aromatic N) is 6. The number of nitrogens with one attached hydrogen (secondary N) is 1. The first-order valence-corrected chi connectivity index (χ1v) is 12.5. The third-order valence-corrected chi connectivity index (χ3v) is 6.79. The first-order chi connectivity index (χ1) is 18.9. The fourth-order valence-electron chi connectivity index (χ4n) is 4.86. The van der Waals surface area contributed by atoms with Crippen LogP contribution in [0.1, 0.15) is 5.56 Å². The predicted octanol–water partition coefficient (Wildman–Crippen LogP) is 4.72. The SMILES string of the molecule is O=C(CN1CCN(c2nn3c(-c4ccccc4)nnc3c3ccccc23)CC1)Nc1cccc(C(F)(F)F)c1. The van der Waals surface area contributed by atoms with E-state index >= 15 is 0 Å². The lowest BCUT2D eigenvalue weighted by Gasteiger charge is -2.35. The van der Waals surface area contributed by atoms with Crippen LogP contribution in [0.25, 0.3) is 27.8 Å². The molecule has 6 rings (SSSR count). The number of anilines is 2. The van der Waals surface area contributed by atoms with E-state index in [2.05, 4.69) is 20.4 Å². The van der Waals surface area contributed by atoms with Crippen LogP contribution in [0.15, 0.2) is 78.9 Å². The highest BCUT2D eigenvalue weighted by Gasteiger charge is 2.30. The molecular formula is C28H24F3N7O. The molecule has 0 aliphatic carbocycles. The van der Waals surface area contributed by atoms with Gasteiger partial charge in [-0.3, -0.25) is 9.69 Å². The van der Waals surface area contributed by atoms with Crippen LogP contribution < -0.4 is 10.2 Å². The number of benzene rings is 3. The van der Waals surface area contributed by atoms with E-state index in [9.17, 15) is 18.0 Å². The fraction of sp³-hybridized carbons (Fsp3) is 0.214. The van der Waals surface area contributed by atoms with Crippen LogP contribution in [0.2, 0.25) is 0 Å². The van der Waals surface area contributed by atoms with E-state index in [4.69, 9.17) is 5.10 Å². The molecule has 1 N–H and O–H groups in total. The molecule has 3 aromatic carbocycles. The Morgan fingerprint density at radius 3 is 2.31 bits per heavy atom.